The van der Waals surface area contributed by atoms with Crippen LogP contribution < -0.4 is 15.5 Å². The smallest absolute Gasteiger partial charge is 0.228 e. The summed E-state index contributed by atoms with van der Waals surface area (Å²) in [5.74, 6) is 1.35. The first-order valence-corrected chi connectivity index (χ1v) is 9.38. The zero-order chi connectivity index (χ0) is 18.5. The van der Waals surface area contributed by atoms with Gasteiger partial charge in [-0.1, -0.05) is 6.42 Å². The van der Waals surface area contributed by atoms with E-state index >= 15 is 0 Å². The SMILES string of the molecule is CCN(CC)c1ccc(Nc2ccc(NC(=O)C3CCC3)nn2)c(C)c1. The highest BCUT2D eigenvalue weighted by Crippen LogP contribution is 2.28. The third-order valence-corrected chi connectivity index (χ3v) is 4.99. The van der Waals surface area contributed by atoms with Crippen LogP contribution in [0.15, 0.2) is 30.3 Å². The number of anilines is 4. The molecular weight excluding hydrogens is 326 g/mol. The summed E-state index contributed by atoms with van der Waals surface area (Å²) >= 11 is 0. The second-order valence-corrected chi connectivity index (χ2v) is 6.72. The summed E-state index contributed by atoms with van der Waals surface area (Å²) < 4.78 is 0. The zero-order valence-electron chi connectivity index (χ0n) is 15.7. The lowest BCUT2D eigenvalue weighted by Crippen LogP contribution is -2.28. The van der Waals surface area contributed by atoms with Crippen molar-refractivity contribution in [3.8, 4) is 0 Å². The molecule has 1 saturated carbocycles. The molecule has 6 heteroatoms. The minimum absolute atomic E-state index is 0.0501. The molecule has 26 heavy (non-hydrogen) atoms. The molecule has 0 aliphatic heterocycles. The van der Waals surface area contributed by atoms with Crippen molar-refractivity contribution in [2.24, 2.45) is 5.92 Å². The maximum absolute atomic E-state index is 12.0. The molecule has 3 rings (SSSR count). The highest BCUT2D eigenvalue weighted by molar-refractivity contribution is 5.92. The molecule has 6 nitrogen and oxygen atoms in total. The molecule has 138 valence electrons. The molecule has 1 heterocycles. The van der Waals surface area contributed by atoms with Gasteiger partial charge in [0.25, 0.3) is 0 Å². The molecule has 0 atom stereocenters. The van der Waals surface area contributed by atoms with Gasteiger partial charge in [0.2, 0.25) is 5.91 Å². The fraction of sp³-hybridized carbons (Fsp3) is 0.450. The number of benzene rings is 1. The summed E-state index contributed by atoms with van der Waals surface area (Å²) in [4.78, 5) is 14.3. The highest BCUT2D eigenvalue weighted by Gasteiger charge is 2.25. The van der Waals surface area contributed by atoms with E-state index in [1.54, 1.807) is 6.07 Å². The van der Waals surface area contributed by atoms with E-state index < -0.39 is 0 Å². The summed E-state index contributed by atoms with van der Waals surface area (Å²) in [6, 6.07) is 9.97. The van der Waals surface area contributed by atoms with Crippen LogP contribution in [-0.2, 0) is 4.79 Å². The predicted octanol–water partition coefficient (Wildman–Crippen LogP) is 4.11. The van der Waals surface area contributed by atoms with Crippen molar-refractivity contribution in [3.05, 3.63) is 35.9 Å². The van der Waals surface area contributed by atoms with Crippen LogP contribution in [0.1, 0.15) is 38.7 Å². The van der Waals surface area contributed by atoms with E-state index in [-0.39, 0.29) is 11.8 Å². The van der Waals surface area contributed by atoms with Crippen LogP contribution in [0.3, 0.4) is 0 Å². The number of rotatable bonds is 7. The second kappa shape index (κ2) is 8.17. The number of aromatic nitrogens is 2. The average molecular weight is 353 g/mol. The lowest BCUT2D eigenvalue weighted by Gasteiger charge is -2.23. The van der Waals surface area contributed by atoms with Crippen molar-refractivity contribution in [1.29, 1.82) is 0 Å². The van der Waals surface area contributed by atoms with Crippen LogP contribution in [0.25, 0.3) is 0 Å². The van der Waals surface area contributed by atoms with Crippen molar-refractivity contribution < 1.29 is 4.79 Å². The predicted molar refractivity (Wildman–Crippen MR) is 106 cm³/mol. The second-order valence-electron chi connectivity index (χ2n) is 6.72. The Bertz CT molecular complexity index is 751. The molecule has 0 radical (unpaired) electrons. The van der Waals surface area contributed by atoms with E-state index in [4.69, 9.17) is 0 Å². The van der Waals surface area contributed by atoms with E-state index in [1.807, 2.05) is 6.07 Å². The molecule has 0 unspecified atom stereocenters. The third-order valence-electron chi connectivity index (χ3n) is 4.99. The zero-order valence-corrected chi connectivity index (χ0v) is 15.7. The van der Waals surface area contributed by atoms with Gasteiger partial charge in [-0.05, 0) is 69.5 Å². The van der Waals surface area contributed by atoms with Gasteiger partial charge in [0.05, 0.1) is 0 Å². The van der Waals surface area contributed by atoms with Crippen molar-refractivity contribution >= 4 is 28.9 Å². The van der Waals surface area contributed by atoms with Crippen LogP contribution in [-0.4, -0.2) is 29.2 Å². The van der Waals surface area contributed by atoms with Gasteiger partial charge in [0, 0.05) is 30.4 Å². The Labute approximate surface area is 155 Å². The Morgan fingerprint density at radius 1 is 1.12 bits per heavy atom. The van der Waals surface area contributed by atoms with Crippen LogP contribution in [0.5, 0.6) is 0 Å². The maximum atomic E-state index is 12.0. The molecule has 1 aliphatic carbocycles. The summed E-state index contributed by atoms with van der Waals surface area (Å²) in [5.41, 5.74) is 3.37. The number of hydrogen-bond acceptors (Lipinski definition) is 5. The number of carbonyl (C=O) groups is 1. The van der Waals surface area contributed by atoms with Gasteiger partial charge in [-0.2, -0.15) is 0 Å². The molecule has 0 bridgehead atoms. The fourth-order valence-corrected chi connectivity index (χ4v) is 3.08. The molecule has 2 N–H and O–H groups in total. The molecule has 0 saturated heterocycles. The number of hydrogen-bond donors (Lipinski definition) is 2. The monoisotopic (exact) mass is 353 g/mol. The van der Waals surface area contributed by atoms with E-state index in [1.165, 1.54) is 5.69 Å². The van der Waals surface area contributed by atoms with Gasteiger partial charge in [0.15, 0.2) is 11.6 Å². The lowest BCUT2D eigenvalue weighted by molar-refractivity contribution is -0.122. The Morgan fingerprint density at radius 2 is 1.81 bits per heavy atom. The summed E-state index contributed by atoms with van der Waals surface area (Å²) in [6.45, 7) is 8.37. The molecule has 1 aromatic heterocycles. The van der Waals surface area contributed by atoms with Crippen molar-refractivity contribution in [2.75, 3.05) is 28.6 Å². The molecule has 1 fully saturated rings. The normalized spacial score (nSPS) is 13.8. The molecule has 1 aromatic carbocycles. The molecule has 0 spiro atoms. The molecular formula is C20H27N5O. The quantitative estimate of drug-likeness (QED) is 0.784. The minimum atomic E-state index is 0.0501. The topological polar surface area (TPSA) is 70.2 Å². The lowest BCUT2D eigenvalue weighted by atomic mass is 9.85. The number of carbonyl (C=O) groups excluding carboxylic acids is 1. The highest BCUT2D eigenvalue weighted by atomic mass is 16.2. The number of nitrogens with one attached hydrogen (secondary N) is 2. The van der Waals surface area contributed by atoms with Crippen LogP contribution in [0, 0.1) is 12.8 Å². The first-order chi connectivity index (χ1) is 12.6. The van der Waals surface area contributed by atoms with Crippen molar-refractivity contribution in [3.63, 3.8) is 0 Å². The number of aryl methyl sites for hydroxylation is 1. The minimum Gasteiger partial charge on any atom is -0.372 e. The van der Waals surface area contributed by atoms with E-state index in [2.05, 4.69) is 64.7 Å². The van der Waals surface area contributed by atoms with Crippen molar-refractivity contribution in [1.82, 2.24) is 10.2 Å². The van der Waals surface area contributed by atoms with Crippen LogP contribution in [0.4, 0.5) is 23.0 Å². The van der Waals surface area contributed by atoms with E-state index in [0.29, 0.717) is 11.6 Å². The Morgan fingerprint density at radius 3 is 2.35 bits per heavy atom. The van der Waals surface area contributed by atoms with Crippen LogP contribution >= 0.6 is 0 Å². The van der Waals surface area contributed by atoms with Crippen LogP contribution in [0.2, 0.25) is 0 Å². The Balaban J connectivity index is 1.64. The number of nitrogens with zero attached hydrogens (tertiary/aromatic N) is 3. The van der Waals surface area contributed by atoms with Gasteiger partial charge in [-0.3, -0.25) is 4.79 Å². The molecule has 1 aliphatic rings. The average Bonchev–Trinajstić information content (AvgIpc) is 2.58. The van der Waals surface area contributed by atoms with E-state index in [0.717, 1.165) is 43.6 Å². The maximum Gasteiger partial charge on any atom is 0.228 e. The Kier molecular flexibility index (Phi) is 5.71. The number of amides is 1. The summed E-state index contributed by atoms with van der Waals surface area (Å²) in [7, 11) is 0. The Hall–Kier alpha value is -2.63. The van der Waals surface area contributed by atoms with Gasteiger partial charge in [-0.25, -0.2) is 0 Å². The standard InChI is InChI=1S/C20H27N5O/c1-4-25(5-2)16-9-10-17(14(3)13-16)21-18-11-12-19(24-23-18)22-20(26)15-7-6-8-15/h9-13,15H,4-8H2,1-3H3,(H,21,23)(H,22,24,26). The molecule has 1 amide bonds. The van der Waals surface area contributed by atoms with Crippen molar-refractivity contribution in [2.45, 2.75) is 40.0 Å². The first kappa shape index (κ1) is 18.2. The summed E-state index contributed by atoms with van der Waals surface area (Å²) in [5, 5.41) is 14.4. The first-order valence-electron chi connectivity index (χ1n) is 9.38. The summed E-state index contributed by atoms with van der Waals surface area (Å²) in [6.07, 6.45) is 3.09. The molecule has 2 aromatic rings. The van der Waals surface area contributed by atoms with Gasteiger partial charge < -0.3 is 15.5 Å². The third kappa shape index (κ3) is 4.12. The van der Waals surface area contributed by atoms with E-state index in [9.17, 15) is 4.79 Å². The largest absolute Gasteiger partial charge is 0.372 e. The fourth-order valence-electron chi connectivity index (χ4n) is 3.08. The van der Waals surface area contributed by atoms with Gasteiger partial charge >= 0.3 is 0 Å². The van der Waals surface area contributed by atoms with Gasteiger partial charge in [-0.15, -0.1) is 10.2 Å². The van der Waals surface area contributed by atoms with Gasteiger partial charge in [0.1, 0.15) is 0 Å².